The van der Waals surface area contributed by atoms with Crippen molar-refractivity contribution in [3.05, 3.63) is 76.1 Å². The summed E-state index contributed by atoms with van der Waals surface area (Å²) in [5, 5.41) is 7.17. The van der Waals surface area contributed by atoms with E-state index in [1.165, 1.54) is 0 Å². The third-order valence-corrected chi connectivity index (χ3v) is 4.47. The summed E-state index contributed by atoms with van der Waals surface area (Å²) >= 11 is 7.84. The van der Waals surface area contributed by atoms with Crippen molar-refractivity contribution in [3.8, 4) is 11.3 Å². The summed E-state index contributed by atoms with van der Waals surface area (Å²) in [6.45, 7) is 4.45. The summed E-state index contributed by atoms with van der Waals surface area (Å²) < 4.78 is 0. The molecule has 2 nitrogen and oxygen atoms in total. The highest BCUT2D eigenvalue weighted by atomic mass is 35.5. The monoisotopic (exact) mass is 326 g/mol. The molecule has 0 unspecified atom stereocenters. The van der Waals surface area contributed by atoms with E-state index in [2.05, 4.69) is 16.9 Å². The quantitative estimate of drug-likeness (QED) is 0.648. The molecular formula is C18H15ClN2S. The average molecular weight is 327 g/mol. The van der Waals surface area contributed by atoms with Crippen LogP contribution in [0.4, 0.5) is 5.69 Å². The number of anilines is 1. The highest BCUT2D eigenvalue weighted by Crippen LogP contribution is 2.28. The summed E-state index contributed by atoms with van der Waals surface area (Å²) in [5.41, 5.74) is 4.08. The Morgan fingerprint density at radius 2 is 1.91 bits per heavy atom. The van der Waals surface area contributed by atoms with Crippen molar-refractivity contribution in [1.29, 1.82) is 0 Å². The van der Waals surface area contributed by atoms with Crippen LogP contribution in [0.25, 0.3) is 17.3 Å². The van der Waals surface area contributed by atoms with E-state index in [1.807, 2.05) is 60.0 Å². The van der Waals surface area contributed by atoms with Crippen molar-refractivity contribution in [3.63, 3.8) is 0 Å². The average Bonchev–Trinajstić information content (AvgIpc) is 3.02. The molecule has 0 spiro atoms. The van der Waals surface area contributed by atoms with Gasteiger partial charge in [0.25, 0.3) is 0 Å². The van der Waals surface area contributed by atoms with E-state index in [4.69, 9.17) is 11.6 Å². The summed E-state index contributed by atoms with van der Waals surface area (Å²) in [5.74, 6) is 0. The van der Waals surface area contributed by atoms with E-state index in [0.29, 0.717) is 6.54 Å². The molecule has 0 saturated heterocycles. The molecule has 2 aromatic carbocycles. The highest BCUT2D eigenvalue weighted by Gasteiger charge is 2.07. The van der Waals surface area contributed by atoms with Crippen molar-refractivity contribution >= 4 is 34.7 Å². The number of hydrogen-bond acceptors (Lipinski definition) is 3. The zero-order chi connectivity index (χ0) is 15.4. The molecule has 0 fully saturated rings. The SMILES string of the molecule is C=Cc1ccc(NCc2nc(-c3ccccc3Cl)cs2)cc1. The highest BCUT2D eigenvalue weighted by molar-refractivity contribution is 7.10. The predicted octanol–water partition coefficient (Wildman–Crippen LogP) is 5.72. The smallest absolute Gasteiger partial charge is 0.112 e. The van der Waals surface area contributed by atoms with Gasteiger partial charge in [0, 0.05) is 21.7 Å². The summed E-state index contributed by atoms with van der Waals surface area (Å²) in [4.78, 5) is 4.65. The minimum Gasteiger partial charge on any atom is -0.379 e. The van der Waals surface area contributed by atoms with Crippen molar-refractivity contribution in [1.82, 2.24) is 4.98 Å². The second kappa shape index (κ2) is 6.77. The first-order valence-electron chi connectivity index (χ1n) is 6.92. The van der Waals surface area contributed by atoms with Gasteiger partial charge in [-0.3, -0.25) is 0 Å². The summed E-state index contributed by atoms with van der Waals surface area (Å²) in [6.07, 6.45) is 1.83. The van der Waals surface area contributed by atoms with Gasteiger partial charge in [-0.1, -0.05) is 54.6 Å². The van der Waals surface area contributed by atoms with Crippen LogP contribution in [0.3, 0.4) is 0 Å². The van der Waals surface area contributed by atoms with E-state index >= 15 is 0 Å². The normalized spacial score (nSPS) is 10.4. The van der Waals surface area contributed by atoms with Gasteiger partial charge >= 0.3 is 0 Å². The van der Waals surface area contributed by atoms with Crippen LogP contribution in [0, 0.1) is 0 Å². The van der Waals surface area contributed by atoms with E-state index in [-0.39, 0.29) is 0 Å². The van der Waals surface area contributed by atoms with Crippen LogP contribution in [0.15, 0.2) is 60.5 Å². The second-order valence-electron chi connectivity index (χ2n) is 4.79. The van der Waals surface area contributed by atoms with Crippen LogP contribution < -0.4 is 5.32 Å². The van der Waals surface area contributed by atoms with Gasteiger partial charge < -0.3 is 5.32 Å². The van der Waals surface area contributed by atoms with Gasteiger partial charge in [0.15, 0.2) is 0 Å². The molecule has 1 aromatic heterocycles. The number of nitrogens with one attached hydrogen (secondary N) is 1. The predicted molar refractivity (Wildman–Crippen MR) is 96.4 cm³/mol. The lowest BCUT2D eigenvalue weighted by Crippen LogP contribution is -1.98. The number of halogens is 1. The van der Waals surface area contributed by atoms with Crippen molar-refractivity contribution in [2.24, 2.45) is 0 Å². The first-order valence-corrected chi connectivity index (χ1v) is 8.18. The minimum atomic E-state index is 0.697. The van der Waals surface area contributed by atoms with Crippen molar-refractivity contribution in [2.45, 2.75) is 6.54 Å². The van der Waals surface area contributed by atoms with Gasteiger partial charge in [0.05, 0.1) is 12.2 Å². The molecule has 1 N–H and O–H groups in total. The lowest BCUT2D eigenvalue weighted by Gasteiger charge is -2.04. The topological polar surface area (TPSA) is 24.9 Å². The fraction of sp³-hybridized carbons (Fsp3) is 0.0556. The molecular weight excluding hydrogens is 312 g/mol. The lowest BCUT2D eigenvalue weighted by molar-refractivity contribution is 1.11. The van der Waals surface area contributed by atoms with Crippen LogP contribution in [0.2, 0.25) is 5.02 Å². The molecule has 0 aliphatic carbocycles. The number of aromatic nitrogens is 1. The maximum absolute atomic E-state index is 6.21. The standard InChI is InChI=1S/C18H15ClN2S/c1-2-13-7-9-14(10-8-13)20-11-18-21-17(12-22-18)15-5-3-4-6-16(15)19/h2-10,12,20H,1,11H2. The van der Waals surface area contributed by atoms with Crippen molar-refractivity contribution < 1.29 is 0 Å². The Kier molecular flexibility index (Phi) is 4.56. The maximum atomic E-state index is 6.21. The Balaban J connectivity index is 1.69. The lowest BCUT2D eigenvalue weighted by atomic mass is 10.2. The van der Waals surface area contributed by atoms with Crippen LogP contribution in [0.1, 0.15) is 10.6 Å². The summed E-state index contributed by atoms with van der Waals surface area (Å²) in [7, 11) is 0. The Bertz CT molecular complexity index is 778. The third-order valence-electron chi connectivity index (χ3n) is 3.29. The Hall–Kier alpha value is -2.10. The molecule has 4 heteroatoms. The molecule has 0 amide bonds. The van der Waals surface area contributed by atoms with Gasteiger partial charge in [0.1, 0.15) is 5.01 Å². The van der Waals surface area contributed by atoms with Crippen LogP contribution >= 0.6 is 22.9 Å². The Morgan fingerprint density at radius 3 is 2.64 bits per heavy atom. The Morgan fingerprint density at radius 1 is 1.14 bits per heavy atom. The van der Waals surface area contributed by atoms with Crippen molar-refractivity contribution in [2.75, 3.05) is 5.32 Å². The fourth-order valence-corrected chi connectivity index (χ4v) is 3.07. The third kappa shape index (κ3) is 3.38. The molecule has 110 valence electrons. The first kappa shape index (κ1) is 14.8. The molecule has 1 heterocycles. The minimum absolute atomic E-state index is 0.697. The van der Waals surface area contributed by atoms with Gasteiger partial charge in [-0.15, -0.1) is 11.3 Å². The van der Waals surface area contributed by atoms with Gasteiger partial charge in [-0.2, -0.15) is 0 Å². The zero-order valence-corrected chi connectivity index (χ0v) is 13.5. The molecule has 3 aromatic rings. The van der Waals surface area contributed by atoms with Gasteiger partial charge in [0.2, 0.25) is 0 Å². The van der Waals surface area contributed by atoms with Crippen LogP contribution in [-0.4, -0.2) is 4.98 Å². The van der Waals surface area contributed by atoms with E-state index in [0.717, 1.165) is 32.5 Å². The van der Waals surface area contributed by atoms with Gasteiger partial charge in [-0.05, 0) is 23.8 Å². The van der Waals surface area contributed by atoms with E-state index in [9.17, 15) is 0 Å². The molecule has 0 bridgehead atoms. The number of hydrogen-bond donors (Lipinski definition) is 1. The van der Waals surface area contributed by atoms with Gasteiger partial charge in [-0.25, -0.2) is 4.98 Å². The zero-order valence-electron chi connectivity index (χ0n) is 11.9. The van der Waals surface area contributed by atoms with E-state index < -0.39 is 0 Å². The summed E-state index contributed by atoms with van der Waals surface area (Å²) in [6, 6.07) is 15.9. The second-order valence-corrected chi connectivity index (χ2v) is 6.14. The van der Waals surface area contributed by atoms with Crippen LogP contribution in [0.5, 0.6) is 0 Å². The molecule has 3 rings (SSSR count). The van der Waals surface area contributed by atoms with E-state index in [1.54, 1.807) is 11.3 Å². The maximum Gasteiger partial charge on any atom is 0.112 e. The number of benzene rings is 2. The fourth-order valence-electron chi connectivity index (χ4n) is 2.10. The largest absolute Gasteiger partial charge is 0.379 e. The molecule has 22 heavy (non-hydrogen) atoms. The number of nitrogens with zero attached hydrogens (tertiary/aromatic N) is 1. The number of rotatable bonds is 5. The molecule has 0 saturated carbocycles. The molecule has 0 aliphatic rings. The van der Waals surface area contributed by atoms with Crippen LogP contribution in [-0.2, 0) is 6.54 Å². The molecule has 0 atom stereocenters. The first-order chi connectivity index (χ1) is 10.8. The molecule has 0 aliphatic heterocycles. The number of thiazole rings is 1. The Labute approximate surface area is 139 Å². The molecule has 0 radical (unpaired) electrons.